The minimum Gasteiger partial charge on any atom is -0.335 e. The fourth-order valence-electron chi connectivity index (χ4n) is 3.05. The largest absolute Gasteiger partial charge is 0.335 e. The van der Waals surface area contributed by atoms with Gasteiger partial charge in [-0.3, -0.25) is 9.69 Å². The van der Waals surface area contributed by atoms with Crippen LogP contribution < -0.4 is 16.0 Å². The lowest BCUT2D eigenvalue weighted by Gasteiger charge is -2.31. The molecule has 0 bridgehead atoms. The number of carbonyl (C=O) groups excluding carboxylic acids is 2. The highest BCUT2D eigenvalue weighted by molar-refractivity contribution is 14.1. The van der Waals surface area contributed by atoms with Crippen molar-refractivity contribution in [1.29, 1.82) is 0 Å². The summed E-state index contributed by atoms with van der Waals surface area (Å²) in [4.78, 5) is 26.4. The summed E-state index contributed by atoms with van der Waals surface area (Å²) >= 11 is 2.24. The zero-order valence-electron chi connectivity index (χ0n) is 15.0. The van der Waals surface area contributed by atoms with Gasteiger partial charge in [0.15, 0.2) is 0 Å². The van der Waals surface area contributed by atoms with Crippen LogP contribution in [0.15, 0.2) is 54.6 Å². The molecule has 0 atom stereocenters. The second-order valence-electron chi connectivity index (χ2n) is 6.57. The van der Waals surface area contributed by atoms with Gasteiger partial charge < -0.3 is 16.0 Å². The van der Waals surface area contributed by atoms with E-state index in [1.54, 1.807) is 0 Å². The first-order chi connectivity index (χ1) is 13.1. The third-order valence-electron chi connectivity index (χ3n) is 4.45. The third kappa shape index (κ3) is 6.51. The highest BCUT2D eigenvalue weighted by Gasteiger charge is 2.22. The van der Waals surface area contributed by atoms with Crippen LogP contribution in [0.2, 0.25) is 0 Å². The Morgan fingerprint density at radius 1 is 0.926 bits per heavy atom. The van der Waals surface area contributed by atoms with Crippen LogP contribution in [0.4, 0.5) is 16.2 Å². The van der Waals surface area contributed by atoms with Crippen LogP contribution in [0.5, 0.6) is 0 Å². The van der Waals surface area contributed by atoms with Crippen LogP contribution in [-0.2, 0) is 4.79 Å². The Hall–Kier alpha value is -2.13. The van der Waals surface area contributed by atoms with E-state index in [9.17, 15) is 9.59 Å². The smallest absolute Gasteiger partial charge is 0.319 e. The van der Waals surface area contributed by atoms with E-state index in [2.05, 4.69) is 43.4 Å². The lowest BCUT2D eigenvalue weighted by Crippen LogP contribution is -2.47. The van der Waals surface area contributed by atoms with E-state index in [0.29, 0.717) is 6.54 Å². The molecule has 1 aliphatic heterocycles. The van der Waals surface area contributed by atoms with Gasteiger partial charge >= 0.3 is 6.03 Å². The summed E-state index contributed by atoms with van der Waals surface area (Å²) < 4.78 is 1.14. The van der Waals surface area contributed by atoms with Crippen molar-refractivity contribution in [3.63, 3.8) is 0 Å². The standard InChI is InChI=1S/C20H23IN4O2/c21-15-6-8-17(9-7-15)22-19(26)14-25-12-10-18(11-13-25)24-20(27)23-16-4-2-1-3-5-16/h1-9,18H,10-14H2,(H,22,26)(H2,23,24,27). The lowest BCUT2D eigenvalue weighted by molar-refractivity contribution is -0.117. The molecule has 3 amide bonds. The van der Waals surface area contributed by atoms with E-state index in [-0.39, 0.29) is 18.0 Å². The molecule has 2 aromatic rings. The SMILES string of the molecule is O=C(CN1CCC(NC(=O)Nc2ccccc2)CC1)Nc1ccc(I)cc1. The number of piperidine rings is 1. The summed E-state index contributed by atoms with van der Waals surface area (Å²) in [5, 5.41) is 8.77. The number of hydrogen-bond donors (Lipinski definition) is 3. The Kier molecular flexibility index (Phi) is 7.05. The van der Waals surface area contributed by atoms with Crippen molar-refractivity contribution in [2.45, 2.75) is 18.9 Å². The highest BCUT2D eigenvalue weighted by Crippen LogP contribution is 2.13. The molecular formula is C20H23IN4O2. The minimum atomic E-state index is -0.184. The number of nitrogens with zero attached hydrogens (tertiary/aromatic N) is 1. The second kappa shape index (κ2) is 9.70. The molecule has 0 aliphatic carbocycles. The summed E-state index contributed by atoms with van der Waals surface area (Å²) in [5.74, 6) is -0.00978. The van der Waals surface area contributed by atoms with Gasteiger partial charge in [0.1, 0.15) is 0 Å². The molecular weight excluding hydrogens is 455 g/mol. The van der Waals surface area contributed by atoms with Gasteiger partial charge in [0.25, 0.3) is 0 Å². The summed E-state index contributed by atoms with van der Waals surface area (Å²) in [7, 11) is 0. The molecule has 27 heavy (non-hydrogen) atoms. The van der Waals surface area contributed by atoms with Gasteiger partial charge in [-0.15, -0.1) is 0 Å². The van der Waals surface area contributed by atoms with Crippen molar-refractivity contribution >= 4 is 45.9 Å². The number of benzene rings is 2. The van der Waals surface area contributed by atoms with E-state index in [1.807, 2.05) is 54.6 Å². The Morgan fingerprint density at radius 3 is 2.22 bits per heavy atom. The topological polar surface area (TPSA) is 73.5 Å². The van der Waals surface area contributed by atoms with Crippen LogP contribution >= 0.6 is 22.6 Å². The van der Waals surface area contributed by atoms with Crippen LogP contribution in [0.1, 0.15) is 12.8 Å². The first-order valence-electron chi connectivity index (χ1n) is 8.99. The van der Waals surface area contributed by atoms with Crippen molar-refractivity contribution in [2.24, 2.45) is 0 Å². The number of halogens is 1. The van der Waals surface area contributed by atoms with Crippen LogP contribution in [0.25, 0.3) is 0 Å². The third-order valence-corrected chi connectivity index (χ3v) is 5.17. The normalized spacial score (nSPS) is 15.1. The maximum absolute atomic E-state index is 12.2. The first-order valence-corrected chi connectivity index (χ1v) is 10.1. The highest BCUT2D eigenvalue weighted by atomic mass is 127. The van der Waals surface area contributed by atoms with Crippen molar-refractivity contribution in [2.75, 3.05) is 30.3 Å². The monoisotopic (exact) mass is 478 g/mol. The lowest BCUT2D eigenvalue weighted by atomic mass is 10.1. The maximum Gasteiger partial charge on any atom is 0.319 e. The average molecular weight is 478 g/mol. The molecule has 1 saturated heterocycles. The molecule has 0 aromatic heterocycles. The second-order valence-corrected chi connectivity index (χ2v) is 7.82. The van der Waals surface area contributed by atoms with Gasteiger partial charge in [0.2, 0.25) is 5.91 Å². The molecule has 0 saturated carbocycles. The molecule has 0 radical (unpaired) electrons. The minimum absolute atomic E-state index is 0.00978. The predicted octanol–water partition coefficient (Wildman–Crippen LogP) is 3.52. The Labute approximate surface area is 172 Å². The van der Waals surface area contributed by atoms with E-state index >= 15 is 0 Å². The number of carbonyl (C=O) groups is 2. The summed E-state index contributed by atoms with van der Waals surface area (Å²) in [6, 6.07) is 17.1. The van der Waals surface area contributed by atoms with E-state index in [0.717, 1.165) is 40.9 Å². The van der Waals surface area contributed by atoms with Crippen LogP contribution in [-0.4, -0.2) is 42.5 Å². The fourth-order valence-corrected chi connectivity index (χ4v) is 3.41. The van der Waals surface area contributed by atoms with Crippen molar-refractivity contribution < 1.29 is 9.59 Å². The molecule has 1 fully saturated rings. The quantitative estimate of drug-likeness (QED) is 0.576. The molecule has 0 spiro atoms. The number of amides is 3. The van der Waals surface area contributed by atoms with Crippen LogP contribution in [0.3, 0.4) is 0 Å². The zero-order chi connectivity index (χ0) is 19.1. The molecule has 1 aliphatic rings. The summed E-state index contributed by atoms with van der Waals surface area (Å²) in [6.45, 7) is 1.95. The van der Waals surface area contributed by atoms with Crippen molar-refractivity contribution in [3.8, 4) is 0 Å². The summed E-state index contributed by atoms with van der Waals surface area (Å²) in [5.41, 5.74) is 1.59. The molecule has 2 aromatic carbocycles. The van der Waals surface area contributed by atoms with Gasteiger partial charge in [-0.2, -0.15) is 0 Å². The number of rotatable bonds is 5. The van der Waals surface area contributed by atoms with Gasteiger partial charge in [-0.25, -0.2) is 4.79 Å². The van der Waals surface area contributed by atoms with Crippen molar-refractivity contribution in [1.82, 2.24) is 10.2 Å². The van der Waals surface area contributed by atoms with Gasteiger partial charge in [0.05, 0.1) is 6.54 Å². The van der Waals surface area contributed by atoms with Gasteiger partial charge in [-0.05, 0) is 71.8 Å². The van der Waals surface area contributed by atoms with E-state index < -0.39 is 0 Å². The molecule has 3 rings (SSSR count). The summed E-state index contributed by atoms with van der Waals surface area (Å²) in [6.07, 6.45) is 1.66. The van der Waals surface area contributed by atoms with E-state index in [4.69, 9.17) is 0 Å². The van der Waals surface area contributed by atoms with Gasteiger partial charge in [-0.1, -0.05) is 18.2 Å². The number of nitrogens with one attached hydrogen (secondary N) is 3. The molecule has 0 unspecified atom stereocenters. The fraction of sp³-hybridized carbons (Fsp3) is 0.300. The zero-order valence-corrected chi connectivity index (χ0v) is 17.1. The Bertz CT molecular complexity index is 759. The molecule has 142 valence electrons. The number of likely N-dealkylation sites (tertiary alicyclic amines) is 1. The maximum atomic E-state index is 12.2. The molecule has 1 heterocycles. The molecule has 3 N–H and O–H groups in total. The van der Waals surface area contributed by atoms with E-state index in [1.165, 1.54) is 0 Å². The van der Waals surface area contributed by atoms with Gasteiger partial charge in [0, 0.05) is 34.1 Å². The Morgan fingerprint density at radius 2 is 1.56 bits per heavy atom. The number of urea groups is 1. The van der Waals surface area contributed by atoms with Crippen molar-refractivity contribution in [3.05, 3.63) is 58.2 Å². The van der Waals surface area contributed by atoms with Crippen LogP contribution in [0, 0.1) is 3.57 Å². The molecule has 7 heteroatoms. The molecule has 6 nitrogen and oxygen atoms in total. The number of anilines is 2. The number of hydrogen-bond acceptors (Lipinski definition) is 3. The predicted molar refractivity (Wildman–Crippen MR) is 116 cm³/mol. The number of para-hydroxylation sites is 1. The average Bonchev–Trinajstić information content (AvgIpc) is 2.66. The Balaban J connectivity index is 1.37. The first kappa shape index (κ1) is 19.6.